The average Bonchev–Trinajstić information content (AvgIpc) is 2.75. The summed E-state index contributed by atoms with van der Waals surface area (Å²) in [6, 6.07) is 0.151. The molecule has 0 spiro atoms. The molecule has 0 radical (unpaired) electrons. The standard InChI is InChI=1S/C12H23N3O2/c1-9(15-6-4-13-5-7-15)12(16)14-11-3-8-17-10(11)2/h9-11,13H,3-8H2,1-2H3,(H,14,16). The molecule has 5 nitrogen and oxygen atoms in total. The van der Waals surface area contributed by atoms with Gasteiger partial charge in [-0.2, -0.15) is 0 Å². The van der Waals surface area contributed by atoms with Crippen LogP contribution in [-0.2, 0) is 9.53 Å². The summed E-state index contributed by atoms with van der Waals surface area (Å²) in [5.41, 5.74) is 0. The first-order chi connectivity index (χ1) is 8.18. The minimum Gasteiger partial charge on any atom is -0.376 e. The van der Waals surface area contributed by atoms with Crippen LogP contribution in [0.2, 0.25) is 0 Å². The van der Waals surface area contributed by atoms with Crippen LogP contribution in [0, 0.1) is 0 Å². The summed E-state index contributed by atoms with van der Waals surface area (Å²) in [5, 5.41) is 6.39. The Morgan fingerprint density at radius 3 is 2.76 bits per heavy atom. The molecule has 0 aromatic heterocycles. The van der Waals surface area contributed by atoms with Gasteiger partial charge >= 0.3 is 0 Å². The van der Waals surface area contributed by atoms with Crippen molar-refractivity contribution >= 4 is 5.91 Å². The van der Waals surface area contributed by atoms with Gasteiger partial charge in [-0.25, -0.2) is 0 Å². The molecule has 17 heavy (non-hydrogen) atoms. The molecule has 2 rings (SSSR count). The van der Waals surface area contributed by atoms with Crippen molar-refractivity contribution in [3.05, 3.63) is 0 Å². The number of nitrogens with one attached hydrogen (secondary N) is 2. The molecule has 0 saturated carbocycles. The predicted octanol–water partition coefficient (Wildman–Crippen LogP) is -0.426. The minimum absolute atomic E-state index is 0.0371. The third-order valence-electron chi connectivity index (χ3n) is 3.78. The molecule has 0 aliphatic carbocycles. The number of piperazine rings is 1. The Kier molecular flexibility index (Phi) is 4.36. The maximum absolute atomic E-state index is 12.1. The van der Waals surface area contributed by atoms with E-state index in [9.17, 15) is 4.79 Å². The van der Waals surface area contributed by atoms with Crippen molar-refractivity contribution < 1.29 is 9.53 Å². The molecule has 98 valence electrons. The van der Waals surface area contributed by atoms with Gasteiger partial charge in [0.2, 0.25) is 5.91 Å². The lowest BCUT2D eigenvalue weighted by Gasteiger charge is -2.32. The fourth-order valence-electron chi connectivity index (χ4n) is 2.46. The Hall–Kier alpha value is -0.650. The molecular weight excluding hydrogens is 218 g/mol. The van der Waals surface area contributed by atoms with Crippen LogP contribution in [0.25, 0.3) is 0 Å². The van der Waals surface area contributed by atoms with Crippen LogP contribution in [0.3, 0.4) is 0 Å². The normalized spacial score (nSPS) is 32.4. The van der Waals surface area contributed by atoms with Crippen LogP contribution in [0.15, 0.2) is 0 Å². The van der Waals surface area contributed by atoms with Crippen molar-refractivity contribution in [2.45, 2.75) is 38.5 Å². The number of ether oxygens (including phenoxy) is 1. The zero-order valence-corrected chi connectivity index (χ0v) is 10.7. The number of rotatable bonds is 3. The summed E-state index contributed by atoms with van der Waals surface area (Å²) >= 11 is 0. The number of carbonyl (C=O) groups excluding carboxylic acids is 1. The Labute approximate surface area is 103 Å². The molecule has 2 aliphatic heterocycles. The average molecular weight is 241 g/mol. The lowest BCUT2D eigenvalue weighted by molar-refractivity contribution is -0.127. The highest BCUT2D eigenvalue weighted by Crippen LogP contribution is 2.13. The summed E-state index contributed by atoms with van der Waals surface area (Å²) in [5.74, 6) is 0.134. The van der Waals surface area contributed by atoms with E-state index in [1.807, 2.05) is 13.8 Å². The molecule has 3 unspecified atom stereocenters. The monoisotopic (exact) mass is 241 g/mol. The fraction of sp³-hybridized carbons (Fsp3) is 0.917. The Bertz CT molecular complexity index is 266. The molecule has 2 fully saturated rings. The second kappa shape index (κ2) is 5.80. The molecule has 0 aromatic rings. The van der Waals surface area contributed by atoms with Crippen molar-refractivity contribution in [3.63, 3.8) is 0 Å². The van der Waals surface area contributed by atoms with E-state index in [0.717, 1.165) is 39.2 Å². The van der Waals surface area contributed by atoms with Gasteiger partial charge in [-0.15, -0.1) is 0 Å². The van der Waals surface area contributed by atoms with Gasteiger partial charge in [0.05, 0.1) is 18.2 Å². The Morgan fingerprint density at radius 1 is 1.47 bits per heavy atom. The number of hydrogen-bond acceptors (Lipinski definition) is 4. The molecule has 0 aromatic carbocycles. The quantitative estimate of drug-likeness (QED) is 0.704. The zero-order valence-electron chi connectivity index (χ0n) is 10.7. The van der Waals surface area contributed by atoms with E-state index < -0.39 is 0 Å². The van der Waals surface area contributed by atoms with Crippen LogP contribution < -0.4 is 10.6 Å². The Morgan fingerprint density at radius 2 is 2.18 bits per heavy atom. The molecule has 2 saturated heterocycles. The van der Waals surface area contributed by atoms with E-state index in [0.29, 0.717) is 0 Å². The first-order valence-electron chi connectivity index (χ1n) is 6.55. The molecule has 2 N–H and O–H groups in total. The van der Waals surface area contributed by atoms with Crippen LogP contribution in [0.4, 0.5) is 0 Å². The van der Waals surface area contributed by atoms with Gasteiger partial charge in [0.1, 0.15) is 0 Å². The largest absolute Gasteiger partial charge is 0.376 e. The van der Waals surface area contributed by atoms with Gasteiger partial charge in [-0.3, -0.25) is 9.69 Å². The second-order valence-electron chi connectivity index (χ2n) is 4.94. The highest BCUT2D eigenvalue weighted by atomic mass is 16.5. The SMILES string of the molecule is CC1OCCC1NC(=O)C(C)N1CCNCC1. The second-order valence-corrected chi connectivity index (χ2v) is 4.94. The van der Waals surface area contributed by atoms with E-state index >= 15 is 0 Å². The molecule has 3 atom stereocenters. The summed E-state index contributed by atoms with van der Waals surface area (Å²) in [6.07, 6.45) is 1.08. The molecular formula is C12H23N3O2. The predicted molar refractivity (Wildman–Crippen MR) is 65.9 cm³/mol. The van der Waals surface area contributed by atoms with Crippen molar-refractivity contribution in [2.24, 2.45) is 0 Å². The van der Waals surface area contributed by atoms with Crippen LogP contribution >= 0.6 is 0 Å². The summed E-state index contributed by atoms with van der Waals surface area (Å²) in [4.78, 5) is 14.3. The highest BCUT2D eigenvalue weighted by molar-refractivity contribution is 5.81. The fourth-order valence-corrected chi connectivity index (χ4v) is 2.46. The van der Waals surface area contributed by atoms with Crippen LogP contribution in [-0.4, -0.2) is 61.8 Å². The molecule has 0 bridgehead atoms. The van der Waals surface area contributed by atoms with Crippen molar-refractivity contribution in [3.8, 4) is 0 Å². The van der Waals surface area contributed by atoms with Gasteiger partial charge in [0.15, 0.2) is 0 Å². The van der Waals surface area contributed by atoms with E-state index in [1.165, 1.54) is 0 Å². The zero-order chi connectivity index (χ0) is 12.3. The van der Waals surface area contributed by atoms with Gasteiger partial charge in [0, 0.05) is 32.8 Å². The van der Waals surface area contributed by atoms with E-state index in [4.69, 9.17) is 4.74 Å². The first-order valence-corrected chi connectivity index (χ1v) is 6.55. The van der Waals surface area contributed by atoms with Crippen molar-refractivity contribution in [1.82, 2.24) is 15.5 Å². The third kappa shape index (κ3) is 3.18. The number of carbonyl (C=O) groups is 1. The minimum atomic E-state index is -0.0371. The smallest absolute Gasteiger partial charge is 0.237 e. The van der Waals surface area contributed by atoms with Gasteiger partial charge in [-0.1, -0.05) is 0 Å². The van der Waals surface area contributed by atoms with Crippen LogP contribution in [0.5, 0.6) is 0 Å². The first kappa shape index (κ1) is 12.8. The molecule has 2 aliphatic rings. The maximum Gasteiger partial charge on any atom is 0.237 e. The number of hydrogen-bond donors (Lipinski definition) is 2. The maximum atomic E-state index is 12.1. The van der Waals surface area contributed by atoms with E-state index in [2.05, 4.69) is 15.5 Å². The van der Waals surface area contributed by atoms with E-state index in [1.54, 1.807) is 0 Å². The summed E-state index contributed by atoms with van der Waals surface area (Å²) in [7, 11) is 0. The van der Waals surface area contributed by atoms with Crippen LogP contribution in [0.1, 0.15) is 20.3 Å². The number of nitrogens with zero attached hydrogens (tertiary/aromatic N) is 1. The summed E-state index contributed by atoms with van der Waals surface area (Å²) in [6.45, 7) is 8.61. The molecule has 2 heterocycles. The Balaban J connectivity index is 1.81. The highest BCUT2D eigenvalue weighted by Gasteiger charge is 2.29. The van der Waals surface area contributed by atoms with Gasteiger partial charge in [-0.05, 0) is 20.3 Å². The van der Waals surface area contributed by atoms with E-state index in [-0.39, 0.29) is 24.1 Å². The molecule has 5 heteroatoms. The summed E-state index contributed by atoms with van der Waals surface area (Å²) < 4.78 is 5.45. The van der Waals surface area contributed by atoms with Crippen molar-refractivity contribution in [1.29, 1.82) is 0 Å². The topological polar surface area (TPSA) is 53.6 Å². The van der Waals surface area contributed by atoms with Crippen molar-refractivity contribution in [2.75, 3.05) is 32.8 Å². The van der Waals surface area contributed by atoms with Gasteiger partial charge < -0.3 is 15.4 Å². The number of amides is 1. The lowest BCUT2D eigenvalue weighted by atomic mass is 10.1. The third-order valence-corrected chi connectivity index (χ3v) is 3.78. The molecule has 1 amide bonds. The lowest BCUT2D eigenvalue weighted by Crippen LogP contribution is -2.54. The van der Waals surface area contributed by atoms with Gasteiger partial charge in [0.25, 0.3) is 0 Å².